The molecule has 0 saturated carbocycles. The van der Waals surface area contributed by atoms with Gasteiger partial charge in [-0.15, -0.1) is 0 Å². The van der Waals surface area contributed by atoms with Gasteiger partial charge in [-0.1, -0.05) is 35.9 Å². The van der Waals surface area contributed by atoms with Gasteiger partial charge in [-0.05, 0) is 56.5 Å². The van der Waals surface area contributed by atoms with Crippen LogP contribution in [0.3, 0.4) is 0 Å². The molecule has 150 valence electrons. The van der Waals surface area contributed by atoms with Crippen LogP contribution in [0, 0.1) is 13.8 Å². The highest BCUT2D eigenvalue weighted by Gasteiger charge is 2.39. The lowest BCUT2D eigenvalue weighted by Crippen LogP contribution is -2.57. The van der Waals surface area contributed by atoms with E-state index in [0.717, 1.165) is 16.8 Å². The summed E-state index contributed by atoms with van der Waals surface area (Å²) in [6, 6.07) is 13.1. The first-order chi connectivity index (χ1) is 13.2. The first-order valence-electron chi connectivity index (χ1n) is 9.47. The summed E-state index contributed by atoms with van der Waals surface area (Å²) in [5, 5.41) is 14.3. The van der Waals surface area contributed by atoms with E-state index in [0.29, 0.717) is 30.3 Å². The zero-order valence-electron chi connectivity index (χ0n) is 16.5. The second-order valence-electron chi connectivity index (χ2n) is 7.72. The molecule has 1 amide bonds. The Kier molecular flexibility index (Phi) is 6.28. The molecule has 0 unspecified atom stereocenters. The topological polar surface area (TPSA) is 61.8 Å². The minimum Gasteiger partial charge on any atom is -0.486 e. The van der Waals surface area contributed by atoms with Gasteiger partial charge < -0.3 is 15.2 Å². The van der Waals surface area contributed by atoms with E-state index in [1.54, 1.807) is 19.1 Å². The second-order valence-corrected chi connectivity index (χ2v) is 8.16. The van der Waals surface area contributed by atoms with E-state index in [1.807, 2.05) is 49.1 Å². The Morgan fingerprint density at radius 3 is 2.64 bits per heavy atom. The number of carbonyl (C=O) groups excluding carboxylic acids is 1. The molecule has 0 spiro atoms. The molecule has 0 radical (unpaired) electrons. The van der Waals surface area contributed by atoms with E-state index in [-0.39, 0.29) is 12.5 Å². The third-order valence-corrected chi connectivity index (χ3v) is 5.47. The highest BCUT2D eigenvalue weighted by Crippen LogP contribution is 2.28. The van der Waals surface area contributed by atoms with Crippen molar-refractivity contribution in [3.8, 4) is 5.75 Å². The summed E-state index contributed by atoms with van der Waals surface area (Å²) in [6.07, 6.45) is 0.0715. The summed E-state index contributed by atoms with van der Waals surface area (Å²) < 4.78 is 6.01. The van der Waals surface area contributed by atoms with Crippen molar-refractivity contribution in [2.24, 2.45) is 0 Å². The van der Waals surface area contributed by atoms with Crippen molar-refractivity contribution in [3.05, 3.63) is 58.6 Å². The summed E-state index contributed by atoms with van der Waals surface area (Å²) in [7, 11) is 0. The van der Waals surface area contributed by atoms with E-state index in [9.17, 15) is 9.90 Å². The van der Waals surface area contributed by atoms with Crippen LogP contribution in [0.15, 0.2) is 42.5 Å². The van der Waals surface area contributed by atoms with Crippen molar-refractivity contribution >= 4 is 23.2 Å². The Balaban J connectivity index is 1.64. The summed E-state index contributed by atoms with van der Waals surface area (Å²) in [6.45, 7) is 7.07. The minimum atomic E-state index is -0.970. The number of carbonyl (C=O) groups is 1. The van der Waals surface area contributed by atoms with Crippen molar-refractivity contribution in [3.63, 3.8) is 0 Å². The fourth-order valence-electron chi connectivity index (χ4n) is 3.47. The fourth-order valence-corrected chi connectivity index (χ4v) is 3.65. The highest BCUT2D eigenvalue weighted by molar-refractivity contribution is 6.30. The van der Waals surface area contributed by atoms with Crippen molar-refractivity contribution in [1.29, 1.82) is 0 Å². The van der Waals surface area contributed by atoms with Crippen LogP contribution in [0.1, 0.15) is 24.5 Å². The molecule has 0 bridgehead atoms. The molecule has 0 aliphatic carbocycles. The summed E-state index contributed by atoms with van der Waals surface area (Å²) >= 11 is 6.03. The number of nitrogens with zero attached hydrogens (tertiary/aromatic N) is 1. The summed E-state index contributed by atoms with van der Waals surface area (Å²) in [4.78, 5) is 14.6. The lowest BCUT2D eigenvalue weighted by molar-refractivity contribution is -0.122. The third-order valence-electron chi connectivity index (χ3n) is 5.24. The molecule has 6 heteroatoms. The predicted octanol–water partition coefficient (Wildman–Crippen LogP) is 3.80. The zero-order chi connectivity index (χ0) is 20.3. The minimum absolute atomic E-state index is 0.0690. The van der Waals surface area contributed by atoms with Crippen molar-refractivity contribution in [1.82, 2.24) is 4.90 Å². The van der Waals surface area contributed by atoms with E-state index in [4.69, 9.17) is 16.3 Å². The average Bonchev–Trinajstić information content (AvgIpc) is 2.61. The number of rotatable bonds is 5. The van der Waals surface area contributed by atoms with Crippen LogP contribution >= 0.6 is 11.6 Å². The molecule has 5 nitrogen and oxygen atoms in total. The van der Waals surface area contributed by atoms with E-state index in [1.165, 1.54) is 0 Å². The first-order valence-corrected chi connectivity index (χ1v) is 9.85. The largest absolute Gasteiger partial charge is 0.486 e. The van der Waals surface area contributed by atoms with Crippen molar-refractivity contribution in [2.75, 3.05) is 25.0 Å². The Hall–Kier alpha value is -2.08. The van der Waals surface area contributed by atoms with Gasteiger partial charge in [0.15, 0.2) is 0 Å². The Bertz CT molecular complexity index is 833. The number of likely N-dealkylation sites (tertiary alicyclic amines) is 1. The molecule has 2 aromatic rings. The molecule has 3 rings (SSSR count). The molecule has 1 saturated heterocycles. The predicted molar refractivity (Wildman–Crippen MR) is 112 cm³/mol. The number of anilines is 1. The third kappa shape index (κ3) is 5.04. The monoisotopic (exact) mass is 402 g/mol. The quantitative estimate of drug-likeness (QED) is 0.798. The van der Waals surface area contributed by atoms with Crippen LogP contribution in [0.2, 0.25) is 5.02 Å². The maximum Gasteiger partial charge on any atom is 0.238 e. The van der Waals surface area contributed by atoms with E-state index >= 15 is 0 Å². The Morgan fingerprint density at radius 2 is 1.96 bits per heavy atom. The van der Waals surface area contributed by atoms with E-state index < -0.39 is 11.7 Å². The van der Waals surface area contributed by atoms with Crippen LogP contribution in [-0.4, -0.2) is 47.3 Å². The molecule has 1 aliphatic rings. The number of halogens is 1. The second kappa shape index (κ2) is 8.52. The molecule has 28 heavy (non-hydrogen) atoms. The van der Waals surface area contributed by atoms with Gasteiger partial charge in [-0.25, -0.2) is 0 Å². The van der Waals surface area contributed by atoms with Gasteiger partial charge in [0.2, 0.25) is 5.91 Å². The molecule has 0 aromatic heterocycles. The van der Waals surface area contributed by atoms with Crippen LogP contribution in [0.25, 0.3) is 0 Å². The standard InChI is InChI=1S/C22H27ClN2O3/c1-15-6-4-7-16(2)21(15)24-20(26)14-25-11-10-22(3,27)19(13-25)28-18-9-5-8-17(23)12-18/h4-9,12,19,27H,10-11,13-14H2,1-3H3,(H,24,26)/t19-,22-/m0/s1. The molecule has 2 aromatic carbocycles. The number of piperidine rings is 1. The molecule has 1 heterocycles. The molecular weight excluding hydrogens is 376 g/mol. The lowest BCUT2D eigenvalue weighted by Gasteiger charge is -2.42. The van der Waals surface area contributed by atoms with Crippen molar-refractivity contribution < 1.29 is 14.6 Å². The fraction of sp³-hybridized carbons (Fsp3) is 0.409. The Morgan fingerprint density at radius 1 is 1.29 bits per heavy atom. The molecule has 1 aliphatic heterocycles. The maximum atomic E-state index is 12.6. The van der Waals surface area contributed by atoms with Gasteiger partial charge in [-0.3, -0.25) is 9.69 Å². The zero-order valence-corrected chi connectivity index (χ0v) is 17.3. The van der Waals surface area contributed by atoms with Gasteiger partial charge >= 0.3 is 0 Å². The van der Waals surface area contributed by atoms with Gasteiger partial charge in [0.05, 0.1) is 6.54 Å². The number of hydrogen-bond donors (Lipinski definition) is 2. The summed E-state index contributed by atoms with van der Waals surface area (Å²) in [5.41, 5.74) is 1.97. The Labute approximate surface area is 171 Å². The van der Waals surface area contributed by atoms with Crippen molar-refractivity contribution in [2.45, 2.75) is 38.9 Å². The summed E-state index contributed by atoms with van der Waals surface area (Å²) in [5.74, 6) is 0.542. The molecule has 1 fully saturated rings. The molecular formula is C22H27ClN2O3. The first kappa shape index (κ1) is 20.6. The van der Waals surface area contributed by atoms with Crippen LogP contribution in [0.4, 0.5) is 5.69 Å². The van der Waals surface area contributed by atoms with Gasteiger partial charge in [0.25, 0.3) is 0 Å². The van der Waals surface area contributed by atoms with Gasteiger partial charge in [0.1, 0.15) is 17.5 Å². The average molecular weight is 403 g/mol. The maximum absolute atomic E-state index is 12.6. The van der Waals surface area contributed by atoms with Crippen LogP contribution < -0.4 is 10.1 Å². The van der Waals surface area contributed by atoms with E-state index in [2.05, 4.69) is 5.32 Å². The number of benzene rings is 2. The SMILES string of the molecule is Cc1cccc(C)c1NC(=O)CN1CC[C@](C)(O)[C@@H](Oc2cccc(Cl)c2)C1. The van der Waals surface area contributed by atoms with Crippen LogP contribution in [-0.2, 0) is 4.79 Å². The highest BCUT2D eigenvalue weighted by atomic mass is 35.5. The smallest absolute Gasteiger partial charge is 0.238 e. The number of hydrogen-bond acceptors (Lipinski definition) is 4. The van der Waals surface area contributed by atoms with Gasteiger partial charge in [-0.2, -0.15) is 0 Å². The lowest BCUT2D eigenvalue weighted by atomic mass is 9.90. The number of amides is 1. The number of para-hydroxylation sites is 1. The van der Waals surface area contributed by atoms with Crippen LogP contribution in [0.5, 0.6) is 5.75 Å². The number of aryl methyl sites for hydroxylation is 2. The number of aliphatic hydroxyl groups is 1. The van der Waals surface area contributed by atoms with Gasteiger partial charge in [0, 0.05) is 23.8 Å². The normalized spacial score (nSPS) is 22.7. The number of ether oxygens (including phenoxy) is 1. The molecule has 2 N–H and O–H groups in total. The molecule has 2 atom stereocenters. The number of nitrogens with one attached hydrogen (secondary N) is 1.